The number of nitrogens with one attached hydrogen (secondary N) is 2. The molecule has 0 aliphatic rings. The molecule has 0 unspecified atom stereocenters. The Labute approximate surface area is 184 Å². The number of halogens is 1. The zero-order chi connectivity index (χ0) is 20.9. The van der Waals surface area contributed by atoms with Crippen LogP contribution >= 0.6 is 34.7 Å². The summed E-state index contributed by atoms with van der Waals surface area (Å²) in [4.78, 5) is 25.6. The number of hydrogen-bond donors (Lipinski definition) is 2. The van der Waals surface area contributed by atoms with Crippen LogP contribution in [0.4, 0.5) is 5.00 Å². The molecule has 11 heteroatoms. The summed E-state index contributed by atoms with van der Waals surface area (Å²) in [6.45, 7) is 0.290. The third-order valence-electron chi connectivity index (χ3n) is 4.04. The van der Waals surface area contributed by atoms with Crippen LogP contribution in [0.2, 0.25) is 5.02 Å². The van der Waals surface area contributed by atoms with Gasteiger partial charge >= 0.3 is 0 Å². The Morgan fingerprint density at radius 2 is 1.63 bits per heavy atom. The number of carbonyl (C=O) groups is 2. The average molecular weight is 457 g/mol. The molecule has 0 saturated carbocycles. The molecule has 4 rings (SSSR count). The molecule has 0 saturated heterocycles. The minimum atomic E-state index is -0.445. The molecule has 2 N–H and O–H groups in total. The zero-order valence-corrected chi connectivity index (χ0v) is 17.6. The smallest absolute Gasteiger partial charge is 0.275 e. The first kappa shape index (κ1) is 20.1. The van der Waals surface area contributed by atoms with Crippen molar-refractivity contribution in [3.05, 3.63) is 75.8 Å². The van der Waals surface area contributed by atoms with Gasteiger partial charge in [-0.25, -0.2) is 0 Å². The predicted octanol–water partition coefficient (Wildman–Crippen LogP) is 3.89. The molecule has 0 atom stereocenters. The van der Waals surface area contributed by atoms with Crippen molar-refractivity contribution in [1.29, 1.82) is 0 Å². The van der Waals surface area contributed by atoms with Crippen LogP contribution in [0, 0.1) is 0 Å². The van der Waals surface area contributed by atoms with Crippen LogP contribution in [0.1, 0.15) is 25.7 Å². The number of nitrogens with zero attached hydrogens (tertiary/aromatic N) is 4. The van der Waals surface area contributed by atoms with E-state index in [1.54, 1.807) is 12.1 Å². The van der Waals surface area contributed by atoms with Gasteiger partial charge in [0.25, 0.3) is 11.8 Å². The molecule has 2 aromatic heterocycles. The van der Waals surface area contributed by atoms with E-state index in [2.05, 4.69) is 29.8 Å². The number of benzene rings is 2. The van der Waals surface area contributed by atoms with Crippen LogP contribution in [0.15, 0.2) is 54.6 Å². The summed E-state index contributed by atoms with van der Waals surface area (Å²) in [5, 5.41) is 14.2. The molecule has 30 heavy (non-hydrogen) atoms. The third kappa shape index (κ3) is 4.51. The monoisotopic (exact) mass is 456 g/mol. The van der Waals surface area contributed by atoms with Gasteiger partial charge in [-0.1, -0.05) is 63.0 Å². The van der Waals surface area contributed by atoms with Gasteiger partial charge in [0.1, 0.15) is 15.6 Å². The second-order valence-electron chi connectivity index (χ2n) is 6.03. The zero-order valence-electron chi connectivity index (χ0n) is 15.2. The lowest BCUT2D eigenvalue weighted by Crippen LogP contribution is -2.24. The Morgan fingerprint density at radius 1 is 0.900 bits per heavy atom. The summed E-state index contributed by atoms with van der Waals surface area (Å²) in [6.07, 6.45) is 0. The highest BCUT2D eigenvalue weighted by Gasteiger charge is 2.22. The van der Waals surface area contributed by atoms with Crippen molar-refractivity contribution >= 4 is 51.5 Å². The first-order chi connectivity index (χ1) is 14.6. The van der Waals surface area contributed by atoms with Crippen molar-refractivity contribution in [2.24, 2.45) is 0 Å². The van der Waals surface area contributed by atoms with Gasteiger partial charge in [-0.3, -0.25) is 9.59 Å². The largest absolute Gasteiger partial charge is 0.346 e. The van der Waals surface area contributed by atoms with Gasteiger partial charge in [0.2, 0.25) is 0 Å². The molecular formula is C19H13ClN6O2S2. The Kier molecular flexibility index (Phi) is 6.07. The Balaban J connectivity index is 1.46. The molecule has 4 aromatic rings. The van der Waals surface area contributed by atoms with Crippen molar-refractivity contribution in [2.45, 2.75) is 6.54 Å². The van der Waals surface area contributed by atoms with Crippen molar-refractivity contribution in [3.8, 4) is 11.3 Å². The summed E-state index contributed by atoms with van der Waals surface area (Å²) in [5.41, 5.74) is 2.18. The molecular weight excluding hydrogens is 444 g/mol. The van der Waals surface area contributed by atoms with Gasteiger partial charge in [0.05, 0.1) is 0 Å². The summed E-state index contributed by atoms with van der Waals surface area (Å²) < 4.78 is 7.69. The predicted molar refractivity (Wildman–Crippen MR) is 116 cm³/mol. The SMILES string of the molecule is O=C(NCc1ccc(Cl)cc1)c1nnsc1NC(=O)c1snnc1-c1ccccc1. The number of anilines is 1. The molecule has 0 aliphatic heterocycles. The molecule has 150 valence electrons. The van der Waals surface area contributed by atoms with Crippen molar-refractivity contribution in [3.63, 3.8) is 0 Å². The van der Waals surface area contributed by atoms with E-state index in [0.717, 1.165) is 34.2 Å². The van der Waals surface area contributed by atoms with Crippen LogP contribution < -0.4 is 10.6 Å². The summed E-state index contributed by atoms with van der Waals surface area (Å²) in [5.74, 6) is -0.874. The third-order valence-corrected chi connectivity index (χ3v) is 5.66. The van der Waals surface area contributed by atoms with Crippen LogP contribution in [0.5, 0.6) is 0 Å². The average Bonchev–Trinajstić information content (AvgIpc) is 3.43. The van der Waals surface area contributed by atoms with E-state index < -0.39 is 11.8 Å². The highest BCUT2D eigenvalue weighted by atomic mass is 35.5. The highest BCUT2D eigenvalue weighted by Crippen LogP contribution is 2.26. The number of aromatic nitrogens is 4. The first-order valence-electron chi connectivity index (χ1n) is 8.66. The second kappa shape index (κ2) is 9.08. The quantitative estimate of drug-likeness (QED) is 0.455. The van der Waals surface area contributed by atoms with E-state index in [4.69, 9.17) is 11.6 Å². The maximum atomic E-state index is 12.8. The Morgan fingerprint density at radius 3 is 2.40 bits per heavy atom. The van der Waals surface area contributed by atoms with Crippen LogP contribution in [0.25, 0.3) is 11.3 Å². The van der Waals surface area contributed by atoms with E-state index in [1.807, 2.05) is 42.5 Å². The van der Waals surface area contributed by atoms with E-state index in [0.29, 0.717) is 15.6 Å². The van der Waals surface area contributed by atoms with Crippen LogP contribution in [-0.2, 0) is 6.54 Å². The second-order valence-corrected chi connectivity index (χ2v) is 7.98. The topological polar surface area (TPSA) is 110 Å². The summed E-state index contributed by atoms with van der Waals surface area (Å²) >= 11 is 7.76. The van der Waals surface area contributed by atoms with Crippen molar-refractivity contribution in [1.82, 2.24) is 24.5 Å². The molecule has 0 radical (unpaired) electrons. The van der Waals surface area contributed by atoms with E-state index in [9.17, 15) is 9.59 Å². The fourth-order valence-corrected chi connectivity index (χ4v) is 3.85. The minimum Gasteiger partial charge on any atom is -0.346 e. The molecule has 2 heterocycles. The molecule has 0 aliphatic carbocycles. The molecule has 8 nitrogen and oxygen atoms in total. The summed E-state index contributed by atoms with van der Waals surface area (Å²) in [6, 6.07) is 16.4. The minimum absolute atomic E-state index is 0.0426. The van der Waals surface area contributed by atoms with Crippen LogP contribution in [-0.4, -0.2) is 31.0 Å². The van der Waals surface area contributed by atoms with E-state index in [1.165, 1.54) is 0 Å². The standard InChI is InChI=1S/C19H13ClN6O2S2/c20-13-8-6-11(7-9-13)10-21-17(27)15-19(30-26-24-15)22-18(28)16-14(23-25-29-16)12-4-2-1-3-5-12/h1-9H,10H2,(H,21,27)(H,22,28). The Bertz CT molecular complexity index is 1180. The van der Waals surface area contributed by atoms with E-state index in [-0.39, 0.29) is 17.2 Å². The highest BCUT2D eigenvalue weighted by molar-refractivity contribution is 7.11. The van der Waals surface area contributed by atoms with E-state index >= 15 is 0 Å². The maximum absolute atomic E-state index is 12.8. The number of rotatable bonds is 6. The van der Waals surface area contributed by atoms with Gasteiger partial charge in [0.15, 0.2) is 5.69 Å². The van der Waals surface area contributed by atoms with Crippen LogP contribution in [0.3, 0.4) is 0 Å². The molecule has 0 spiro atoms. The maximum Gasteiger partial charge on any atom is 0.275 e. The molecule has 2 amide bonds. The van der Waals surface area contributed by atoms with Crippen molar-refractivity contribution < 1.29 is 9.59 Å². The van der Waals surface area contributed by atoms with Gasteiger partial charge in [-0.15, -0.1) is 10.2 Å². The molecule has 0 bridgehead atoms. The summed E-state index contributed by atoms with van der Waals surface area (Å²) in [7, 11) is 0. The number of hydrogen-bond acceptors (Lipinski definition) is 8. The normalized spacial score (nSPS) is 10.6. The van der Waals surface area contributed by atoms with Gasteiger partial charge in [0, 0.05) is 28.7 Å². The lowest BCUT2D eigenvalue weighted by Gasteiger charge is -2.06. The number of amides is 2. The molecule has 0 fully saturated rings. The van der Waals surface area contributed by atoms with Gasteiger partial charge in [-0.2, -0.15) is 0 Å². The van der Waals surface area contributed by atoms with Crippen molar-refractivity contribution in [2.75, 3.05) is 5.32 Å². The molecule has 2 aromatic carbocycles. The Hall–Kier alpha value is -3.21. The van der Waals surface area contributed by atoms with Gasteiger partial charge < -0.3 is 10.6 Å². The lowest BCUT2D eigenvalue weighted by atomic mass is 10.1. The van der Waals surface area contributed by atoms with Gasteiger partial charge in [-0.05, 0) is 29.2 Å². The fourth-order valence-electron chi connectivity index (χ4n) is 2.57. The first-order valence-corrected chi connectivity index (χ1v) is 10.6. The fraction of sp³-hybridized carbons (Fsp3) is 0.0526. The number of carbonyl (C=O) groups excluding carboxylic acids is 2. The lowest BCUT2D eigenvalue weighted by molar-refractivity contribution is 0.0947.